The lowest BCUT2D eigenvalue weighted by Crippen LogP contribution is -2.47. The highest BCUT2D eigenvalue weighted by Gasteiger charge is 2.59. The Morgan fingerprint density at radius 1 is 1.09 bits per heavy atom. The molecule has 4 aromatic rings. The number of thioether (sulfide) groups is 1. The first-order chi connectivity index (χ1) is 16.1. The van der Waals surface area contributed by atoms with Gasteiger partial charge in [-0.25, -0.2) is 4.98 Å². The lowest BCUT2D eigenvalue weighted by Gasteiger charge is -2.30. The molecule has 1 fully saturated rings. The molecule has 162 valence electrons. The first kappa shape index (κ1) is 19.1. The Kier molecular flexibility index (Phi) is 3.80. The molecule has 2 amide bonds. The van der Waals surface area contributed by atoms with Crippen LogP contribution in [0.15, 0.2) is 60.7 Å². The molecule has 0 bridgehead atoms. The van der Waals surface area contributed by atoms with E-state index in [0.717, 1.165) is 21.9 Å². The summed E-state index contributed by atoms with van der Waals surface area (Å²) in [6, 6.07) is 19.1. The fraction of sp³-hybridized carbons (Fsp3) is 0.125. The van der Waals surface area contributed by atoms with E-state index in [1.807, 2.05) is 60.7 Å². The summed E-state index contributed by atoms with van der Waals surface area (Å²) in [5.41, 5.74) is 2.75. The number of aliphatic hydroxyl groups excluding tert-OH is 1. The first-order valence-electron chi connectivity index (χ1n) is 10.3. The number of anilines is 2. The fourth-order valence-electron chi connectivity index (χ4n) is 4.79. The van der Waals surface area contributed by atoms with Crippen molar-refractivity contribution in [2.24, 2.45) is 0 Å². The number of hydrogen-bond acceptors (Lipinski definition) is 7. The minimum Gasteiger partial charge on any atom is -0.458 e. The van der Waals surface area contributed by atoms with Crippen LogP contribution in [0.4, 0.5) is 10.8 Å². The molecule has 2 unspecified atom stereocenters. The molecule has 1 spiro atoms. The number of rotatable bonds is 1. The molecule has 7 nitrogen and oxygen atoms in total. The third-order valence-electron chi connectivity index (χ3n) is 6.24. The van der Waals surface area contributed by atoms with Crippen LogP contribution >= 0.6 is 23.1 Å². The van der Waals surface area contributed by atoms with E-state index in [1.165, 1.54) is 28.0 Å². The summed E-state index contributed by atoms with van der Waals surface area (Å²) in [6.07, 6.45) is -1.21. The topological polar surface area (TPSA) is 91.8 Å². The van der Waals surface area contributed by atoms with E-state index in [4.69, 9.17) is 9.72 Å². The summed E-state index contributed by atoms with van der Waals surface area (Å²) in [5.74, 6) is 0.250. The number of para-hydroxylation sites is 1. The number of amides is 2. The maximum Gasteiger partial charge on any atom is 0.266 e. The van der Waals surface area contributed by atoms with Crippen LogP contribution in [0.25, 0.3) is 22.0 Å². The largest absolute Gasteiger partial charge is 0.458 e. The molecular weight excluding hydrogens is 458 g/mol. The summed E-state index contributed by atoms with van der Waals surface area (Å²) >= 11 is 2.46. The maximum absolute atomic E-state index is 13.2. The van der Waals surface area contributed by atoms with Crippen LogP contribution < -0.4 is 15.0 Å². The highest BCUT2D eigenvalue weighted by molar-refractivity contribution is 8.02. The van der Waals surface area contributed by atoms with Crippen LogP contribution in [0.2, 0.25) is 0 Å². The van der Waals surface area contributed by atoms with Gasteiger partial charge in [0.15, 0.2) is 5.13 Å². The highest BCUT2D eigenvalue weighted by Crippen LogP contribution is 2.56. The van der Waals surface area contributed by atoms with Gasteiger partial charge >= 0.3 is 0 Å². The van der Waals surface area contributed by atoms with Crippen LogP contribution in [-0.4, -0.2) is 27.7 Å². The second-order valence-corrected chi connectivity index (χ2v) is 10.2. The van der Waals surface area contributed by atoms with E-state index in [-0.39, 0.29) is 17.6 Å². The number of fused-ring (bicyclic) bond motifs is 7. The summed E-state index contributed by atoms with van der Waals surface area (Å²) in [5, 5.41) is 16.0. The van der Waals surface area contributed by atoms with Crippen LogP contribution in [0.3, 0.4) is 0 Å². The molecule has 3 aromatic carbocycles. The Hall–Kier alpha value is -3.40. The number of thiazole rings is 1. The Morgan fingerprint density at radius 3 is 2.82 bits per heavy atom. The molecule has 3 aliphatic rings. The van der Waals surface area contributed by atoms with Crippen molar-refractivity contribution in [1.82, 2.24) is 4.98 Å². The van der Waals surface area contributed by atoms with Gasteiger partial charge in [0.05, 0.1) is 11.4 Å². The Morgan fingerprint density at radius 2 is 1.91 bits per heavy atom. The van der Waals surface area contributed by atoms with Crippen LogP contribution in [0, 0.1) is 0 Å². The molecule has 0 saturated carbocycles. The number of aromatic nitrogens is 1. The van der Waals surface area contributed by atoms with Gasteiger partial charge in [0, 0.05) is 22.2 Å². The summed E-state index contributed by atoms with van der Waals surface area (Å²) in [7, 11) is 0. The normalized spacial score (nSPS) is 22.8. The molecule has 1 aromatic heterocycles. The fourth-order valence-corrected chi connectivity index (χ4v) is 7.21. The van der Waals surface area contributed by atoms with E-state index in [0.29, 0.717) is 27.1 Å². The molecule has 2 N–H and O–H groups in total. The quantitative estimate of drug-likeness (QED) is 0.430. The van der Waals surface area contributed by atoms with E-state index in [9.17, 15) is 14.7 Å². The third kappa shape index (κ3) is 2.41. The Labute approximate surface area is 196 Å². The number of nitrogens with one attached hydrogen (secondary N) is 1. The number of ether oxygens (including phenoxy) is 1. The second-order valence-electron chi connectivity index (χ2n) is 8.00. The van der Waals surface area contributed by atoms with Gasteiger partial charge in [-0.2, -0.15) is 0 Å². The van der Waals surface area contributed by atoms with Gasteiger partial charge in [-0.05, 0) is 17.5 Å². The zero-order valence-electron chi connectivity index (χ0n) is 16.9. The number of nitrogens with zero attached hydrogens (tertiary/aromatic N) is 2. The van der Waals surface area contributed by atoms with E-state index in [2.05, 4.69) is 5.32 Å². The summed E-state index contributed by atoms with van der Waals surface area (Å²) in [6.45, 7) is 0. The summed E-state index contributed by atoms with van der Waals surface area (Å²) in [4.78, 5) is 31.9. The molecule has 2 atom stereocenters. The van der Waals surface area contributed by atoms with Gasteiger partial charge in [-0.1, -0.05) is 59.9 Å². The lowest BCUT2D eigenvalue weighted by molar-refractivity contribution is -0.122. The van der Waals surface area contributed by atoms with E-state index in [1.54, 1.807) is 0 Å². The van der Waals surface area contributed by atoms with Crippen molar-refractivity contribution in [2.45, 2.75) is 11.2 Å². The number of hydrogen-bond donors (Lipinski definition) is 2. The van der Waals surface area contributed by atoms with Crippen molar-refractivity contribution in [2.75, 3.05) is 16.0 Å². The monoisotopic (exact) mass is 473 g/mol. The molecule has 1 saturated heterocycles. The molecule has 3 aliphatic heterocycles. The van der Waals surface area contributed by atoms with Crippen molar-refractivity contribution in [3.8, 4) is 17.0 Å². The predicted octanol–water partition coefficient (Wildman–Crippen LogP) is 4.23. The molecule has 0 radical (unpaired) electrons. The zero-order valence-corrected chi connectivity index (χ0v) is 18.6. The molecule has 4 heterocycles. The van der Waals surface area contributed by atoms with Gasteiger partial charge in [-0.15, -0.1) is 11.8 Å². The van der Waals surface area contributed by atoms with Crippen LogP contribution in [0.5, 0.6) is 5.75 Å². The SMILES string of the molecule is O=C1CSC2(C(=O)Nc3ccccc32)N1c1nc2c(s1)C(O)Oc1c-2ccc2ccccc12. The van der Waals surface area contributed by atoms with Gasteiger partial charge < -0.3 is 15.2 Å². The lowest BCUT2D eigenvalue weighted by atomic mass is 10.0. The van der Waals surface area contributed by atoms with Gasteiger partial charge in [0.2, 0.25) is 17.1 Å². The molecule has 33 heavy (non-hydrogen) atoms. The Balaban J connectivity index is 1.43. The zero-order chi connectivity index (χ0) is 22.3. The van der Waals surface area contributed by atoms with Gasteiger partial charge in [0.1, 0.15) is 10.6 Å². The average molecular weight is 474 g/mol. The van der Waals surface area contributed by atoms with Crippen LogP contribution in [-0.2, 0) is 14.5 Å². The van der Waals surface area contributed by atoms with E-state index >= 15 is 0 Å². The minimum absolute atomic E-state index is 0.159. The second kappa shape index (κ2) is 6.57. The molecule has 7 rings (SSSR count). The van der Waals surface area contributed by atoms with Crippen molar-refractivity contribution in [3.63, 3.8) is 0 Å². The molecule has 0 aliphatic carbocycles. The van der Waals surface area contributed by atoms with Gasteiger partial charge in [0.25, 0.3) is 5.91 Å². The van der Waals surface area contributed by atoms with Crippen molar-refractivity contribution >= 4 is 56.5 Å². The highest BCUT2D eigenvalue weighted by atomic mass is 32.2. The average Bonchev–Trinajstić information content (AvgIpc) is 3.49. The predicted molar refractivity (Wildman–Crippen MR) is 127 cm³/mol. The number of carbonyl (C=O) groups excluding carboxylic acids is 2. The van der Waals surface area contributed by atoms with Crippen molar-refractivity contribution < 1.29 is 19.4 Å². The minimum atomic E-state index is -1.22. The third-order valence-corrected chi connectivity index (χ3v) is 8.71. The maximum atomic E-state index is 13.2. The Bertz CT molecular complexity index is 1520. The van der Waals surface area contributed by atoms with Gasteiger partial charge in [-0.3, -0.25) is 14.5 Å². The molecule has 9 heteroatoms. The number of carbonyl (C=O) groups is 2. The molecular formula is C24H15N3O4S2. The van der Waals surface area contributed by atoms with Crippen molar-refractivity contribution in [3.05, 3.63) is 71.1 Å². The summed E-state index contributed by atoms with van der Waals surface area (Å²) < 4.78 is 5.91. The number of benzene rings is 3. The standard InChI is InChI=1S/C24H15N3O4S2/c28-17-11-32-24(15-7-3-4-8-16(15)25-22(24)30)27(17)23-26-18-14-10-9-12-5-1-2-6-13(12)19(14)31-21(29)20(18)33-23/h1-10,21,29H,11H2,(H,25,30). The number of aliphatic hydroxyl groups is 1. The van der Waals surface area contributed by atoms with Crippen LogP contribution in [0.1, 0.15) is 16.7 Å². The van der Waals surface area contributed by atoms with Crippen molar-refractivity contribution in [1.29, 1.82) is 0 Å². The van der Waals surface area contributed by atoms with E-state index < -0.39 is 11.2 Å². The smallest absolute Gasteiger partial charge is 0.266 e. The first-order valence-corrected chi connectivity index (χ1v) is 12.1.